The van der Waals surface area contributed by atoms with Crippen LogP contribution < -0.4 is 0 Å². The standard InChI is InChI=1S/C11H18O3/c1-3-4-5-6-9(12)11(2)8-7-10(13)14-11/h3-8H2,1-2H3. The van der Waals surface area contributed by atoms with E-state index >= 15 is 0 Å². The van der Waals surface area contributed by atoms with E-state index in [9.17, 15) is 9.59 Å². The predicted octanol–water partition coefficient (Wildman–Crippen LogP) is 2.23. The van der Waals surface area contributed by atoms with Crippen molar-refractivity contribution in [3.05, 3.63) is 0 Å². The summed E-state index contributed by atoms with van der Waals surface area (Å²) in [4.78, 5) is 22.6. The molecule has 1 aliphatic heterocycles. The highest BCUT2D eigenvalue weighted by Crippen LogP contribution is 2.28. The van der Waals surface area contributed by atoms with E-state index in [-0.39, 0.29) is 11.8 Å². The number of esters is 1. The number of rotatable bonds is 5. The first-order valence-electron chi connectivity index (χ1n) is 5.33. The van der Waals surface area contributed by atoms with Crippen LogP contribution in [0.15, 0.2) is 0 Å². The molecule has 0 aromatic carbocycles. The summed E-state index contributed by atoms with van der Waals surface area (Å²) in [6, 6.07) is 0. The van der Waals surface area contributed by atoms with Crippen LogP contribution in [0.5, 0.6) is 0 Å². The molecule has 1 saturated heterocycles. The van der Waals surface area contributed by atoms with Gasteiger partial charge in [-0.1, -0.05) is 19.8 Å². The average molecular weight is 198 g/mol. The van der Waals surface area contributed by atoms with Crippen molar-refractivity contribution in [2.45, 2.75) is 58.0 Å². The minimum Gasteiger partial charge on any atom is -0.451 e. The van der Waals surface area contributed by atoms with Crippen LogP contribution in [0.4, 0.5) is 0 Å². The van der Waals surface area contributed by atoms with Crippen LogP contribution in [0.2, 0.25) is 0 Å². The van der Waals surface area contributed by atoms with Gasteiger partial charge in [0.25, 0.3) is 0 Å². The number of carbonyl (C=O) groups is 2. The first-order valence-corrected chi connectivity index (χ1v) is 5.33. The molecule has 1 rings (SSSR count). The highest BCUT2D eigenvalue weighted by atomic mass is 16.6. The molecule has 0 spiro atoms. The molecule has 0 aromatic rings. The summed E-state index contributed by atoms with van der Waals surface area (Å²) in [5, 5.41) is 0. The van der Waals surface area contributed by atoms with E-state index in [1.165, 1.54) is 0 Å². The third-order valence-corrected chi connectivity index (χ3v) is 2.74. The molecule has 1 heterocycles. The summed E-state index contributed by atoms with van der Waals surface area (Å²) >= 11 is 0. The zero-order chi connectivity index (χ0) is 10.6. The number of hydrogen-bond donors (Lipinski definition) is 0. The first-order chi connectivity index (χ1) is 6.58. The molecule has 1 atom stereocenters. The molecule has 0 amide bonds. The highest BCUT2D eigenvalue weighted by molar-refractivity contribution is 5.91. The number of cyclic esters (lactones) is 1. The second kappa shape index (κ2) is 4.58. The SMILES string of the molecule is CCCCCC(=O)C1(C)CCC(=O)O1. The van der Waals surface area contributed by atoms with Crippen molar-refractivity contribution in [2.75, 3.05) is 0 Å². The normalized spacial score (nSPS) is 26.3. The van der Waals surface area contributed by atoms with Crippen molar-refractivity contribution < 1.29 is 14.3 Å². The van der Waals surface area contributed by atoms with E-state index in [2.05, 4.69) is 6.92 Å². The van der Waals surface area contributed by atoms with Gasteiger partial charge in [0.15, 0.2) is 11.4 Å². The van der Waals surface area contributed by atoms with Gasteiger partial charge in [-0.3, -0.25) is 9.59 Å². The van der Waals surface area contributed by atoms with Crippen LogP contribution in [0, 0.1) is 0 Å². The summed E-state index contributed by atoms with van der Waals surface area (Å²) in [6.45, 7) is 3.83. The van der Waals surface area contributed by atoms with Gasteiger partial charge in [0.2, 0.25) is 0 Å². The predicted molar refractivity (Wildman–Crippen MR) is 52.9 cm³/mol. The number of Topliss-reactive ketones (excluding diaryl/α,β-unsaturated/α-hetero) is 1. The fourth-order valence-corrected chi connectivity index (χ4v) is 1.69. The number of unbranched alkanes of at least 4 members (excludes halogenated alkanes) is 2. The second-order valence-corrected chi connectivity index (χ2v) is 4.09. The molecule has 80 valence electrons. The molecule has 14 heavy (non-hydrogen) atoms. The lowest BCUT2D eigenvalue weighted by molar-refractivity contribution is -0.155. The number of ether oxygens (including phenoxy) is 1. The number of carbonyl (C=O) groups excluding carboxylic acids is 2. The third-order valence-electron chi connectivity index (χ3n) is 2.74. The Labute approximate surface area is 84.8 Å². The maximum absolute atomic E-state index is 11.7. The van der Waals surface area contributed by atoms with Gasteiger partial charge in [-0.05, 0) is 13.3 Å². The van der Waals surface area contributed by atoms with Crippen molar-refractivity contribution in [3.63, 3.8) is 0 Å². The molecule has 1 aliphatic rings. The lowest BCUT2D eigenvalue weighted by Crippen LogP contribution is -2.34. The minimum atomic E-state index is -0.815. The zero-order valence-electron chi connectivity index (χ0n) is 8.97. The van der Waals surface area contributed by atoms with Gasteiger partial charge in [-0.25, -0.2) is 0 Å². The second-order valence-electron chi connectivity index (χ2n) is 4.09. The van der Waals surface area contributed by atoms with Gasteiger partial charge in [0.1, 0.15) is 0 Å². The average Bonchev–Trinajstić information content (AvgIpc) is 2.48. The lowest BCUT2D eigenvalue weighted by Gasteiger charge is -2.20. The summed E-state index contributed by atoms with van der Waals surface area (Å²) in [5.41, 5.74) is -0.815. The smallest absolute Gasteiger partial charge is 0.306 e. The third kappa shape index (κ3) is 2.56. The Balaban J connectivity index is 2.39. The molecule has 0 saturated carbocycles. The fraction of sp³-hybridized carbons (Fsp3) is 0.818. The molecule has 3 heteroatoms. The summed E-state index contributed by atoms with van der Waals surface area (Å²) in [7, 11) is 0. The van der Waals surface area contributed by atoms with Crippen molar-refractivity contribution in [3.8, 4) is 0 Å². The molecule has 0 radical (unpaired) electrons. The molecular formula is C11H18O3. The van der Waals surface area contributed by atoms with Crippen LogP contribution >= 0.6 is 0 Å². The van der Waals surface area contributed by atoms with Gasteiger partial charge in [-0.2, -0.15) is 0 Å². The minimum absolute atomic E-state index is 0.0804. The van der Waals surface area contributed by atoms with Crippen LogP contribution in [0.1, 0.15) is 52.4 Å². The molecule has 0 bridgehead atoms. The topological polar surface area (TPSA) is 43.4 Å². The van der Waals surface area contributed by atoms with E-state index < -0.39 is 5.60 Å². The molecule has 3 nitrogen and oxygen atoms in total. The van der Waals surface area contributed by atoms with E-state index in [1.807, 2.05) is 0 Å². The summed E-state index contributed by atoms with van der Waals surface area (Å²) < 4.78 is 5.05. The van der Waals surface area contributed by atoms with Crippen molar-refractivity contribution in [1.29, 1.82) is 0 Å². The Morgan fingerprint density at radius 2 is 2.21 bits per heavy atom. The van der Waals surface area contributed by atoms with Gasteiger partial charge >= 0.3 is 5.97 Å². The maximum atomic E-state index is 11.7. The monoisotopic (exact) mass is 198 g/mol. The van der Waals surface area contributed by atoms with Crippen molar-refractivity contribution in [1.82, 2.24) is 0 Å². The molecule has 1 fully saturated rings. The van der Waals surface area contributed by atoms with Gasteiger partial charge in [0, 0.05) is 19.3 Å². The number of hydrogen-bond acceptors (Lipinski definition) is 3. The Morgan fingerprint density at radius 3 is 2.71 bits per heavy atom. The Kier molecular flexibility index (Phi) is 3.67. The lowest BCUT2D eigenvalue weighted by atomic mass is 9.93. The number of ketones is 1. The Morgan fingerprint density at radius 1 is 1.50 bits per heavy atom. The van der Waals surface area contributed by atoms with Gasteiger partial charge < -0.3 is 4.74 Å². The summed E-state index contributed by atoms with van der Waals surface area (Å²) in [6.07, 6.45) is 4.55. The van der Waals surface area contributed by atoms with E-state index in [4.69, 9.17) is 4.74 Å². The van der Waals surface area contributed by atoms with Gasteiger partial charge in [0.05, 0.1) is 0 Å². The quantitative estimate of drug-likeness (QED) is 0.502. The van der Waals surface area contributed by atoms with Crippen LogP contribution in [0.25, 0.3) is 0 Å². The first kappa shape index (κ1) is 11.2. The van der Waals surface area contributed by atoms with E-state index in [0.717, 1.165) is 19.3 Å². The molecule has 0 aromatic heterocycles. The Hall–Kier alpha value is -0.860. The molecule has 0 N–H and O–H groups in total. The van der Waals surface area contributed by atoms with Crippen LogP contribution in [0.3, 0.4) is 0 Å². The largest absolute Gasteiger partial charge is 0.451 e. The maximum Gasteiger partial charge on any atom is 0.306 e. The molecule has 0 aliphatic carbocycles. The zero-order valence-corrected chi connectivity index (χ0v) is 8.97. The van der Waals surface area contributed by atoms with Crippen LogP contribution in [-0.4, -0.2) is 17.4 Å². The molecular weight excluding hydrogens is 180 g/mol. The van der Waals surface area contributed by atoms with Gasteiger partial charge in [-0.15, -0.1) is 0 Å². The van der Waals surface area contributed by atoms with Crippen LogP contribution in [-0.2, 0) is 14.3 Å². The fourth-order valence-electron chi connectivity index (χ4n) is 1.69. The van der Waals surface area contributed by atoms with E-state index in [1.54, 1.807) is 6.92 Å². The van der Waals surface area contributed by atoms with Crippen molar-refractivity contribution in [2.24, 2.45) is 0 Å². The van der Waals surface area contributed by atoms with E-state index in [0.29, 0.717) is 19.3 Å². The van der Waals surface area contributed by atoms with Crippen molar-refractivity contribution >= 4 is 11.8 Å². The Bertz CT molecular complexity index is 235. The molecule has 1 unspecified atom stereocenters. The highest BCUT2D eigenvalue weighted by Gasteiger charge is 2.41. The summed E-state index contributed by atoms with van der Waals surface area (Å²) in [5.74, 6) is -0.159.